The Hall–Kier alpha value is -2.04. The Kier molecular flexibility index (Phi) is 5.81. The Morgan fingerprint density at radius 1 is 1.14 bits per heavy atom. The summed E-state index contributed by atoms with van der Waals surface area (Å²) in [6.45, 7) is 4.62. The second kappa shape index (κ2) is 7.82. The molecule has 2 rings (SSSR count). The minimum absolute atomic E-state index is 0.104. The summed E-state index contributed by atoms with van der Waals surface area (Å²) in [6.07, 6.45) is 4.36. The third-order valence-electron chi connectivity index (χ3n) is 4.06. The lowest BCUT2D eigenvalue weighted by Gasteiger charge is -2.29. The lowest BCUT2D eigenvalue weighted by atomic mass is 9.86. The van der Waals surface area contributed by atoms with Gasteiger partial charge in [0.2, 0.25) is 0 Å². The van der Waals surface area contributed by atoms with E-state index < -0.39 is 11.8 Å². The van der Waals surface area contributed by atoms with E-state index in [9.17, 15) is 9.59 Å². The summed E-state index contributed by atoms with van der Waals surface area (Å²) in [5.41, 5.74) is 0.584. The lowest BCUT2D eigenvalue weighted by Crippen LogP contribution is -2.45. The van der Waals surface area contributed by atoms with E-state index in [0.717, 1.165) is 25.0 Å². The molecular weight excluding hydrogens is 280 g/mol. The van der Waals surface area contributed by atoms with Gasteiger partial charge in [0.05, 0.1) is 6.61 Å². The highest BCUT2D eigenvalue weighted by molar-refractivity contribution is 6.39. The van der Waals surface area contributed by atoms with E-state index in [1.807, 2.05) is 6.92 Å². The van der Waals surface area contributed by atoms with E-state index in [1.54, 1.807) is 24.3 Å². The van der Waals surface area contributed by atoms with Crippen LogP contribution in [-0.2, 0) is 9.59 Å². The molecule has 1 aliphatic carbocycles. The Labute approximate surface area is 131 Å². The molecule has 0 bridgehead atoms. The van der Waals surface area contributed by atoms with Crippen molar-refractivity contribution in [2.24, 2.45) is 5.92 Å². The van der Waals surface area contributed by atoms with Crippen molar-refractivity contribution in [3.05, 3.63) is 24.3 Å². The Morgan fingerprint density at radius 2 is 1.82 bits per heavy atom. The summed E-state index contributed by atoms with van der Waals surface area (Å²) in [6, 6.07) is 7.08. The lowest BCUT2D eigenvalue weighted by molar-refractivity contribution is -0.137. The zero-order valence-corrected chi connectivity index (χ0v) is 13.2. The third kappa shape index (κ3) is 4.48. The molecule has 0 heterocycles. The SMILES string of the molecule is CCOc1ccc(NC(=O)C(=O)N[C@@H]2CCCC[C@@H]2C)cc1. The average molecular weight is 304 g/mol. The van der Waals surface area contributed by atoms with Gasteiger partial charge in [0.15, 0.2) is 0 Å². The standard InChI is InChI=1S/C17H24N2O3/c1-3-22-14-10-8-13(9-11-14)18-16(20)17(21)19-15-7-5-4-6-12(15)2/h8-12,15H,3-7H2,1-2H3,(H,18,20)(H,19,21)/t12-,15+/m0/s1. The first-order chi connectivity index (χ1) is 10.6. The van der Waals surface area contributed by atoms with E-state index in [0.29, 0.717) is 18.2 Å². The first kappa shape index (κ1) is 16.3. The molecule has 0 aromatic heterocycles. The summed E-state index contributed by atoms with van der Waals surface area (Å²) in [5.74, 6) is -0.0217. The van der Waals surface area contributed by atoms with Crippen LogP contribution in [0.1, 0.15) is 39.5 Å². The van der Waals surface area contributed by atoms with Gasteiger partial charge in [0.1, 0.15) is 5.75 Å². The van der Waals surface area contributed by atoms with Crippen molar-refractivity contribution in [3.63, 3.8) is 0 Å². The van der Waals surface area contributed by atoms with Gasteiger partial charge in [-0.15, -0.1) is 0 Å². The maximum absolute atomic E-state index is 12.0. The van der Waals surface area contributed by atoms with E-state index in [-0.39, 0.29) is 6.04 Å². The van der Waals surface area contributed by atoms with Crippen LogP contribution in [0.5, 0.6) is 5.75 Å². The number of benzene rings is 1. The van der Waals surface area contributed by atoms with Crippen LogP contribution in [0, 0.1) is 5.92 Å². The molecule has 0 spiro atoms. The minimum atomic E-state index is -0.623. The zero-order chi connectivity index (χ0) is 15.9. The Bertz CT molecular complexity index is 513. The van der Waals surface area contributed by atoms with Crippen molar-refractivity contribution in [3.8, 4) is 5.75 Å². The maximum atomic E-state index is 12.0. The van der Waals surface area contributed by atoms with Crippen LogP contribution < -0.4 is 15.4 Å². The summed E-state index contributed by atoms with van der Waals surface area (Å²) >= 11 is 0. The van der Waals surface area contributed by atoms with Gasteiger partial charge in [-0.2, -0.15) is 0 Å². The number of carbonyl (C=O) groups is 2. The molecule has 0 saturated heterocycles. The first-order valence-corrected chi connectivity index (χ1v) is 7.95. The molecule has 120 valence electrons. The van der Waals surface area contributed by atoms with Crippen LogP contribution in [0.4, 0.5) is 5.69 Å². The number of carbonyl (C=O) groups excluding carboxylic acids is 2. The monoisotopic (exact) mass is 304 g/mol. The largest absolute Gasteiger partial charge is 0.494 e. The van der Waals surface area contributed by atoms with Gasteiger partial charge < -0.3 is 15.4 Å². The quantitative estimate of drug-likeness (QED) is 0.840. The summed E-state index contributed by atoms with van der Waals surface area (Å²) in [4.78, 5) is 23.9. The summed E-state index contributed by atoms with van der Waals surface area (Å²) in [5, 5.41) is 5.45. The van der Waals surface area contributed by atoms with E-state index in [2.05, 4.69) is 17.6 Å². The second-order valence-corrected chi connectivity index (χ2v) is 5.75. The molecule has 1 aliphatic rings. The molecule has 1 saturated carbocycles. The number of hydrogen-bond donors (Lipinski definition) is 2. The highest BCUT2D eigenvalue weighted by Crippen LogP contribution is 2.23. The number of ether oxygens (including phenoxy) is 1. The molecule has 2 N–H and O–H groups in total. The normalized spacial score (nSPS) is 21.0. The number of amides is 2. The van der Waals surface area contributed by atoms with Gasteiger partial charge in [-0.25, -0.2) is 0 Å². The fourth-order valence-corrected chi connectivity index (χ4v) is 2.75. The van der Waals surface area contributed by atoms with Gasteiger partial charge in [0, 0.05) is 11.7 Å². The maximum Gasteiger partial charge on any atom is 0.313 e. The number of rotatable bonds is 4. The molecular formula is C17H24N2O3. The molecule has 2 amide bonds. The molecule has 0 radical (unpaired) electrons. The first-order valence-electron chi connectivity index (χ1n) is 7.95. The highest BCUT2D eigenvalue weighted by atomic mass is 16.5. The molecule has 5 heteroatoms. The molecule has 22 heavy (non-hydrogen) atoms. The fraction of sp³-hybridized carbons (Fsp3) is 0.529. The van der Waals surface area contributed by atoms with Gasteiger partial charge in [-0.05, 0) is 49.9 Å². The predicted octanol–water partition coefficient (Wildman–Crippen LogP) is 2.72. The van der Waals surface area contributed by atoms with Gasteiger partial charge in [-0.1, -0.05) is 19.8 Å². The summed E-state index contributed by atoms with van der Waals surface area (Å²) < 4.78 is 5.33. The molecule has 1 aromatic rings. The average Bonchev–Trinajstić information content (AvgIpc) is 2.51. The van der Waals surface area contributed by atoms with Gasteiger partial charge in [0.25, 0.3) is 0 Å². The minimum Gasteiger partial charge on any atom is -0.494 e. The van der Waals surface area contributed by atoms with Crippen LogP contribution in [0.25, 0.3) is 0 Å². The fourth-order valence-electron chi connectivity index (χ4n) is 2.75. The van der Waals surface area contributed by atoms with Crippen molar-refractivity contribution in [2.75, 3.05) is 11.9 Å². The van der Waals surface area contributed by atoms with Crippen molar-refractivity contribution < 1.29 is 14.3 Å². The smallest absolute Gasteiger partial charge is 0.313 e. The highest BCUT2D eigenvalue weighted by Gasteiger charge is 2.25. The zero-order valence-electron chi connectivity index (χ0n) is 13.2. The molecule has 1 aromatic carbocycles. The van der Waals surface area contributed by atoms with Crippen molar-refractivity contribution in [2.45, 2.75) is 45.6 Å². The number of nitrogens with one attached hydrogen (secondary N) is 2. The molecule has 5 nitrogen and oxygen atoms in total. The van der Waals surface area contributed by atoms with Crippen molar-refractivity contribution >= 4 is 17.5 Å². The van der Waals surface area contributed by atoms with Crippen LogP contribution in [-0.4, -0.2) is 24.5 Å². The molecule has 0 aliphatic heterocycles. The third-order valence-corrected chi connectivity index (χ3v) is 4.06. The van der Waals surface area contributed by atoms with Crippen LogP contribution >= 0.6 is 0 Å². The van der Waals surface area contributed by atoms with Crippen LogP contribution in [0.3, 0.4) is 0 Å². The number of hydrogen-bond acceptors (Lipinski definition) is 3. The molecule has 1 fully saturated rings. The predicted molar refractivity (Wildman–Crippen MR) is 85.8 cm³/mol. The Balaban J connectivity index is 1.86. The van der Waals surface area contributed by atoms with Crippen molar-refractivity contribution in [1.82, 2.24) is 5.32 Å². The van der Waals surface area contributed by atoms with Gasteiger partial charge in [-0.3, -0.25) is 9.59 Å². The Morgan fingerprint density at radius 3 is 2.45 bits per heavy atom. The van der Waals surface area contributed by atoms with E-state index in [1.165, 1.54) is 6.42 Å². The van der Waals surface area contributed by atoms with Crippen LogP contribution in [0.15, 0.2) is 24.3 Å². The second-order valence-electron chi connectivity index (χ2n) is 5.75. The van der Waals surface area contributed by atoms with Crippen LogP contribution in [0.2, 0.25) is 0 Å². The van der Waals surface area contributed by atoms with E-state index >= 15 is 0 Å². The number of anilines is 1. The van der Waals surface area contributed by atoms with Gasteiger partial charge >= 0.3 is 11.8 Å². The topological polar surface area (TPSA) is 67.4 Å². The molecule has 2 atom stereocenters. The molecule has 0 unspecified atom stereocenters. The van der Waals surface area contributed by atoms with Crippen molar-refractivity contribution in [1.29, 1.82) is 0 Å². The van der Waals surface area contributed by atoms with E-state index in [4.69, 9.17) is 4.74 Å². The summed E-state index contributed by atoms with van der Waals surface area (Å²) in [7, 11) is 0.